The lowest BCUT2D eigenvalue weighted by Gasteiger charge is -2.08. The molecule has 106 valence electrons. The summed E-state index contributed by atoms with van der Waals surface area (Å²) in [7, 11) is 0. The molecule has 0 saturated carbocycles. The van der Waals surface area contributed by atoms with E-state index in [-0.39, 0.29) is 28.0 Å². The van der Waals surface area contributed by atoms with Crippen LogP contribution < -0.4 is 10.1 Å². The van der Waals surface area contributed by atoms with Crippen LogP contribution in [0.5, 0.6) is 6.01 Å². The van der Waals surface area contributed by atoms with Gasteiger partial charge in [0.25, 0.3) is 0 Å². The second kappa shape index (κ2) is 6.67. The lowest BCUT2D eigenvalue weighted by molar-refractivity contribution is 0.292. The Morgan fingerprint density at radius 1 is 1.25 bits per heavy atom. The molecule has 0 saturated heterocycles. The van der Waals surface area contributed by atoms with Crippen molar-refractivity contribution in [3.8, 4) is 6.01 Å². The Balaban J connectivity index is 2.24. The lowest BCUT2D eigenvalue weighted by Crippen LogP contribution is -2.05. The monoisotopic (exact) mass is 316 g/mol. The summed E-state index contributed by atoms with van der Waals surface area (Å²) >= 11 is 11.5. The number of hydrogen-bond donors (Lipinski definition) is 1. The number of rotatable bonds is 5. The predicted octanol–water partition coefficient (Wildman–Crippen LogP) is 3.85. The number of nitrogens with zero attached hydrogens (tertiary/aromatic N) is 3. The number of ether oxygens (including phenoxy) is 1. The van der Waals surface area contributed by atoms with Gasteiger partial charge in [-0.05, 0) is 30.2 Å². The van der Waals surface area contributed by atoms with Gasteiger partial charge in [-0.25, -0.2) is 4.39 Å². The molecular formula is C12H11Cl2FN4O. The second-order valence-electron chi connectivity index (χ2n) is 3.79. The molecule has 0 aliphatic heterocycles. The van der Waals surface area contributed by atoms with Crippen LogP contribution in [0.2, 0.25) is 10.3 Å². The molecule has 8 heteroatoms. The van der Waals surface area contributed by atoms with E-state index in [9.17, 15) is 4.39 Å². The van der Waals surface area contributed by atoms with Gasteiger partial charge in [0, 0.05) is 0 Å². The van der Waals surface area contributed by atoms with Gasteiger partial charge in [0.2, 0.25) is 11.2 Å². The molecule has 2 rings (SSSR count). The zero-order chi connectivity index (χ0) is 14.5. The SMILES string of the molecule is CCCOc1nc(Cl)nc(Nc2cccc(Cl)c2F)n1. The van der Waals surface area contributed by atoms with E-state index in [1.165, 1.54) is 12.1 Å². The van der Waals surface area contributed by atoms with Gasteiger partial charge in [-0.15, -0.1) is 0 Å². The van der Waals surface area contributed by atoms with Crippen LogP contribution in [0, 0.1) is 5.82 Å². The molecule has 1 aromatic heterocycles. The van der Waals surface area contributed by atoms with E-state index in [4.69, 9.17) is 27.9 Å². The molecule has 0 unspecified atom stereocenters. The van der Waals surface area contributed by atoms with E-state index < -0.39 is 5.82 Å². The van der Waals surface area contributed by atoms with Crippen molar-refractivity contribution >= 4 is 34.8 Å². The van der Waals surface area contributed by atoms with Crippen LogP contribution in [0.4, 0.5) is 16.0 Å². The van der Waals surface area contributed by atoms with Crippen molar-refractivity contribution in [1.29, 1.82) is 0 Å². The third-order valence-corrected chi connectivity index (χ3v) is 2.68. The number of aromatic nitrogens is 3. The predicted molar refractivity (Wildman–Crippen MR) is 75.3 cm³/mol. The first-order valence-corrected chi connectivity index (χ1v) is 6.61. The van der Waals surface area contributed by atoms with Crippen LogP contribution in [0.15, 0.2) is 18.2 Å². The Morgan fingerprint density at radius 3 is 2.80 bits per heavy atom. The number of hydrogen-bond acceptors (Lipinski definition) is 5. The van der Waals surface area contributed by atoms with Crippen molar-refractivity contribution in [2.24, 2.45) is 0 Å². The fourth-order valence-electron chi connectivity index (χ4n) is 1.37. The van der Waals surface area contributed by atoms with Gasteiger partial charge in [0.05, 0.1) is 17.3 Å². The van der Waals surface area contributed by atoms with Gasteiger partial charge in [-0.2, -0.15) is 15.0 Å². The molecule has 0 amide bonds. The normalized spacial score (nSPS) is 10.4. The fourth-order valence-corrected chi connectivity index (χ4v) is 1.69. The maximum absolute atomic E-state index is 13.8. The van der Waals surface area contributed by atoms with Gasteiger partial charge in [-0.3, -0.25) is 0 Å². The average Bonchev–Trinajstić information content (AvgIpc) is 2.41. The Bertz CT molecular complexity index is 612. The second-order valence-corrected chi connectivity index (χ2v) is 4.53. The number of nitrogens with one attached hydrogen (secondary N) is 1. The van der Waals surface area contributed by atoms with Crippen molar-refractivity contribution in [3.05, 3.63) is 34.3 Å². The topological polar surface area (TPSA) is 59.9 Å². The molecule has 2 aromatic rings. The highest BCUT2D eigenvalue weighted by Crippen LogP contribution is 2.24. The molecule has 20 heavy (non-hydrogen) atoms. The molecule has 0 atom stereocenters. The standard InChI is InChI=1S/C12H11Cl2FN4O/c1-2-6-20-12-18-10(14)17-11(19-12)16-8-5-3-4-7(13)9(8)15/h3-5H,2,6H2,1H3,(H,16,17,18,19). The minimum Gasteiger partial charge on any atom is -0.463 e. The van der Waals surface area contributed by atoms with E-state index in [0.717, 1.165) is 6.42 Å². The maximum atomic E-state index is 13.8. The Hall–Kier alpha value is -1.66. The summed E-state index contributed by atoms with van der Waals surface area (Å²) in [6.45, 7) is 2.40. The van der Waals surface area contributed by atoms with Crippen LogP contribution in [0.1, 0.15) is 13.3 Å². The first kappa shape index (κ1) is 14.7. The van der Waals surface area contributed by atoms with Crippen LogP contribution in [-0.2, 0) is 0 Å². The highest BCUT2D eigenvalue weighted by atomic mass is 35.5. The van der Waals surface area contributed by atoms with Gasteiger partial charge in [0.15, 0.2) is 5.82 Å². The van der Waals surface area contributed by atoms with E-state index in [2.05, 4.69) is 20.3 Å². The molecule has 0 aliphatic carbocycles. The average molecular weight is 317 g/mol. The van der Waals surface area contributed by atoms with E-state index >= 15 is 0 Å². The Kier molecular flexibility index (Phi) is 4.92. The molecule has 0 radical (unpaired) electrons. The summed E-state index contributed by atoms with van der Waals surface area (Å²) in [4.78, 5) is 11.7. The lowest BCUT2D eigenvalue weighted by atomic mass is 10.3. The molecule has 0 aliphatic rings. The minimum absolute atomic E-state index is 0.00221. The summed E-state index contributed by atoms with van der Waals surface area (Å²) in [6.07, 6.45) is 0.801. The van der Waals surface area contributed by atoms with Gasteiger partial charge in [0.1, 0.15) is 0 Å². The Labute approximate surface area is 125 Å². The summed E-state index contributed by atoms with van der Waals surface area (Å²) < 4.78 is 19.0. The zero-order valence-corrected chi connectivity index (χ0v) is 12.0. The molecule has 1 N–H and O–H groups in total. The fraction of sp³-hybridized carbons (Fsp3) is 0.250. The maximum Gasteiger partial charge on any atom is 0.322 e. The van der Waals surface area contributed by atoms with Crippen LogP contribution in [-0.4, -0.2) is 21.6 Å². The van der Waals surface area contributed by atoms with Gasteiger partial charge >= 0.3 is 6.01 Å². The molecule has 0 fully saturated rings. The third kappa shape index (κ3) is 3.68. The quantitative estimate of drug-likeness (QED) is 0.907. The summed E-state index contributed by atoms with van der Waals surface area (Å²) in [6, 6.07) is 4.63. The molecule has 1 heterocycles. The van der Waals surface area contributed by atoms with Crippen LogP contribution >= 0.6 is 23.2 Å². The molecule has 5 nitrogen and oxygen atoms in total. The largest absolute Gasteiger partial charge is 0.463 e. The van der Waals surface area contributed by atoms with E-state index in [1.807, 2.05) is 6.92 Å². The van der Waals surface area contributed by atoms with Crippen molar-refractivity contribution in [1.82, 2.24) is 15.0 Å². The van der Waals surface area contributed by atoms with Crippen molar-refractivity contribution in [2.75, 3.05) is 11.9 Å². The van der Waals surface area contributed by atoms with Crippen LogP contribution in [0.3, 0.4) is 0 Å². The number of halogens is 3. The Morgan fingerprint density at radius 2 is 2.05 bits per heavy atom. The first-order chi connectivity index (χ1) is 9.60. The number of benzene rings is 1. The van der Waals surface area contributed by atoms with E-state index in [0.29, 0.717) is 6.61 Å². The smallest absolute Gasteiger partial charge is 0.322 e. The van der Waals surface area contributed by atoms with E-state index in [1.54, 1.807) is 6.07 Å². The van der Waals surface area contributed by atoms with Crippen molar-refractivity contribution < 1.29 is 9.13 Å². The zero-order valence-electron chi connectivity index (χ0n) is 10.5. The van der Waals surface area contributed by atoms with Crippen molar-refractivity contribution in [2.45, 2.75) is 13.3 Å². The van der Waals surface area contributed by atoms with Crippen LogP contribution in [0.25, 0.3) is 0 Å². The molecule has 1 aromatic carbocycles. The molecule has 0 bridgehead atoms. The summed E-state index contributed by atoms with van der Waals surface area (Å²) in [5.41, 5.74) is 0.140. The van der Waals surface area contributed by atoms with Crippen molar-refractivity contribution in [3.63, 3.8) is 0 Å². The highest BCUT2D eigenvalue weighted by Gasteiger charge is 2.10. The number of anilines is 2. The molecular weight excluding hydrogens is 306 g/mol. The summed E-state index contributed by atoms with van der Waals surface area (Å²) in [5, 5.41) is 2.64. The van der Waals surface area contributed by atoms with Gasteiger partial charge < -0.3 is 10.1 Å². The minimum atomic E-state index is -0.596. The first-order valence-electron chi connectivity index (χ1n) is 5.85. The van der Waals surface area contributed by atoms with Gasteiger partial charge in [-0.1, -0.05) is 24.6 Å². The third-order valence-electron chi connectivity index (χ3n) is 2.22. The molecule has 0 spiro atoms. The highest BCUT2D eigenvalue weighted by molar-refractivity contribution is 6.31. The summed E-state index contributed by atoms with van der Waals surface area (Å²) in [5.74, 6) is -0.515.